The third kappa shape index (κ3) is 27.0. The van der Waals surface area contributed by atoms with Crippen LogP contribution in [0.2, 0.25) is 0 Å². The normalized spacial score (nSPS) is 27.1. The van der Waals surface area contributed by atoms with Gasteiger partial charge in [-0.2, -0.15) is 0 Å². The van der Waals surface area contributed by atoms with Crippen molar-refractivity contribution in [2.24, 2.45) is 0 Å². The largest absolute Gasteiger partial charge is 0.394 e. The lowest BCUT2D eigenvalue weighted by atomic mass is 9.98. The summed E-state index contributed by atoms with van der Waals surface area (Å²) in [6.45, 7) is 2.64. The number of carbonyl (C=O) groups is 1. The zero-order chi connectivity index (χ0) is 50.7. The molecule has 1 amide bonds. The number of unbranched alkanes of at least 4 members (excludes halogenated alkanes) is 27. The predicted molar refractivity (Wildman–Crippen MR) is 266 cm³/mol. The molecule has 2 rings (SSSR count). The maximum Gasteiger partial charge on any atom is 0.249 e. The van der Waals surface area contributed by atoms with Crippen LogP contribution in [0.4, 0.5) is 0 Å². The Morgan fingerprint density at radius 2 is 0.928 bits per heavy atom. The Hall–Kier alpha value is -1.35. The summed E-state index contributed by atoms with van der Waals surface area (Å²) in [4.78, 5) is 13.3. The molecule has 0 saturated carbocycles. The molecular formula is C53H101NO15. The monoisotopic (exact) mass is 992 g/mol. The first kappa shape index (κ1) is 63.8. The standard InChI is InChI=1S/C53H101NO15/c1-3-5-7-9-11-13-15-17-18-19-20-21-22-23-25-27-29-31-33-35-41(57)51(65)54-39(44(58)40(56)34-32-30-28-26-24-16-14-12-10-8-6-4-2)37-66-52-50(64)48(62)46(60)43(69-52)38-67-53-49(63)47(61)45(59)42(36-55)68-53/h30,32,39-50,52-53,55-64H,3-29,31,33-38H2,1-2H3,(H,54,65). The van der Waals surface area contributed by atoms with E-state index in [0.717, 1.165) is 38.5 Å². The Labute approximate surface area is 415 Å². The SMILES string of the molecule is CCCCCCCCCCCC=CCC(O)C(O)C(COC1OC(COC2OC(CO)C(O)C(O)C2O)C(O)C(O)C1O)NC(=O)C(O)CCCCCCCCCCCCCCCCCCCCC. The smallest absolute Gasteiger partial charge is 0.249 e. The maximum atomic E-state index is 13.3. The van der Waals surface area contributed by atoms with Gasteiger partial charge in [-0.25, -0.2) is 0 Å². The summed E-state index contributed by atoms with van der Waals surface area (Å²) in [6, 6.07) is -1.30. The summed E-state index contributed by atoms with van der Waals surface area (Å²) in [5.74, 6) is -0.774. The Bertz CT molecular complexity index is 1250. The van der Waals surface area contributed by atoms with Gasteiger partial charge in [0.05, 0.1) is 32.0 Å². The van der Waals surface area contributed by atoms with Crippen molar-refractivity contribution in [3.05, 3.63) is 12.2 Å². The van der Waals surface area contributed by atoms with Gasteiger partial charge in [-0.05, 0) is 25.7 Å². The quantitative estimate of drug-likeness (QED) is 0.0252. The van der Waals surface area contributed by atoms with Crippen molar-refractivity contribution in [3.63, 3.8) is 0 Å². The fraction of sp³-hybridized carbons (Fsp3) is 0.943. The molecule has 16 nitrogen and oxygen atoms in total. The molecule has 2 aliphatic rings. The Morgan fingerprint density at radius 1 is 0.522 bits per heavy atom. The highest BCUT2D eigenvalue weighted by Crippen LogP contribution is 2.27. The van der Waals surface area contributed by atoms with Crippen LogP contribution < -0.4 is 5.32 Å². The molecule has 0 aliphatic carbocycles. The molecule has 0 aromatic rings. The van der Waals surface area contributed by atoms with Crippen LogP contribution >= 0.6 is 0 Å². The second-order valence-electron chi connectivity index (χ2n) is 20.0. The number of amides is 1. The van der Waals surface area contributed by atoms with Gasteiger partial charge in [-0.3, -0.25) is 4.79 Å². The number of nitrogens with one attached hydrogen (secondary N) is 1. The molecule has 0 aromatic heterocycles. The molecule has 408 valence electrons. The minimum Gasteiger partial charge on any atom is -0.394 e. The molecule has 14 unspecified atom stereocenters. The van der Waals surface area contributed by atoms with Crippen LogP contribution in [0.15, 0.2) is 12.2 Å². The number of allylic oxidation sites excluding steroid dienone is 1. The fourth-order valence-electron chi connectivity index (χ4n) is 9.17. The lowest BCUT2D eigenvalue weighted by molar-refractivity contribution is -0.331. The highest BCUT2D eigenvalue weighted by molar-refractivity contribution is 5.80. The Morgan fingerprint density at radius 3 is 1.39 bits per heavy atom. The van der Waals surface area contributed by atoms with E-state index in [1.54, 1.807) is 6.08 Å². The second-order valence-corrected chi connectivity index (χ2v) is 20.0. The van der Waals surface area contributed by atoms with Crippen molar-refractivity contribution < 1.29 is 74.8 Å². The van der Waals surface area contributed by atoms with Gasteiger partial charge in [0, 0.05) is 0 Å². The molecule has 16 heteroatoms. The molecule has 2 aliphatic heterocycles. The minimum absolute atomic E-state index is 0.0672. The van der Waals surface area contributed by atoms with Crippen LogP contribution in [0, 0.1) is 0 Å². The van der Waals surface area contributed by atoms with Gasteiger partial charge in [-0.15, -0.1) is 0 Å². The number of hydrogen-bond acceptors (Lipinski definition) is 15. The van der Waals surface area contributed by atoms with Gasteiger partial charge in [-0.1, -0.05) is 199 Å². The maximum absolute atomic E-state index is 13.3. The van der Waals surface area contributed by atoms with Gasteiger partial charge < -0.3 is 75.3 Å². The molecule has 0 radical (unpaired) electrons. The van der Waals surface area contributed by atoms with E-state index in [2.05, 4.69) is 19.2 Å². The molecule has 11 N–H and O–H groups in total. The van der Waals surface area contributed by atoms with Crippen LogP contribution in [-0.4, -0.2) is 163 Å². The van der Waals surface area contributed by atoms with Gasteiger partial charge in [0.15, 0.2) is 12.6 Å². The van der Waals surface area contributed by atoms with E-state index in [4.69, 9.17) is 18.9 Å². The molecule has 14 atom stereocenters. The molecule has 69 heavy (non-hydrogen) atoms. The number of rotatable bonds is 43. The summed E-state index contributed by atoms with van der Waals surface area (Å²) in [6.07, 6.45) is 18.4. The molecular weight excluding hydrogens is 891 g/mol. The average molecular weight is 992 g/mol. The summed E-state index contributed by atoms with van der Waals surface area (Å²) in [5.41, 5.74) is 0. The van der Waals surface area contributed by atoms with Gasteiger partial charge in [0.2, 0.25) is 5.91 Å². The van der Waals surface area contributed by atoms with E-state index in [0.29, 0.717) is 6.42 Å². The molecule has 2 saturated heterocycles. The highest BCUT2D eigenvalue weighted by atomic mass is 16.7. The van der Waals surface area contributed by atoms with Crippen LogP contribution in [0.1, 0.15) is 213 Å². The summed E-state index contributed by atoms with van der Waals surface area (Å²) in [7, 11) is 0. The lowest BCUT2D eigenvalue weighted by Crippen LogP contribution is -2.62. The lowest BCUT2D eigenvalue weighted by Gasteiger charge is -2.43. The van der Waals surface area contributed by atoms with Crippen molar-refractivity contribution in [1.82, 2.24) is 5.32 Å². The van der Waals surface area contributed by atoms with E-state index in [-0.39, 0.29) is 12.8 Å². The minimum atomic E-state index is -1.83. The van der Waals surface area contributed by atoms with E-state index in [1.807, 2.05) is 6.08 Å². The fourth-order valence-corrected chi connectivity index (χ4v) is 9.17. The van der Waals surface area contributed by atoms with E-state index in [9.17, 15) is 55.9 Å². The predicted octanol–water partition coefficient (Wildman–Crippen LogP) is 5.88. The molecule has 2 heterocycles. The van der Waals surface area contributed by atoms with Crippen LogP contribution in [0.25, 0.3) is 0 Å². The number of hydrogen-bond donors (Lipinski definition) is 11. The van der Waals surface area contributed by atoms with Crippen molar-refractivity contribution in [2.45, 2.75) is 299 Å². The second kappa shape index (κ2) is 40.1. The van der Waals surface area contributed by atoms with E-state index in [1.165, 1.54) is 141 Å². The molecule has 0 bridgehead atoms. The van der Waals surface area contributed by atoms with Crippen LogP contribution in [0.3, 0.4) is 0 Å². The van der Waals surface area contributed by atoms with Crippen molar-refractivity contribution >= 4 is 5.91 Å². The topological polar surface area (TPSA) is 268 Å². The molecule has 0 spiro atoms. The number of carbonyl (C=O) groups excluding carboxylic acids is 1. The first-order valence-corrected chi connectivity index (χ1v) is 27.6. The van der Waals surface area contributed by atoms with Crippen molar-refractivity contribution in [2.75, 3.05) is 19.8 Å². The molecule has 0 aromatic carbocycles. The van der Waals surface area contributed by atoms with Gasteiger partial charge in [0.25, 0.3) is 0 Å². The Kier molecular flexibility index (Phi) is 37.0. The van der Waals surface area contributed by atoms with E-state index >= 15 is 0 Å². The third-order valence-electron chi connectivity index (χ3n) is 13.9. The first-order chi connectivity index (χ1) is 33.4. The summed E-state index contributed by atoms with van der Waals surface area (Å²) in [5, 5.41) is 108. The zero-order valence-electron chi connectivity index (χ0n) is 42.8. The zero-order valence-corrected chi connectivity index (χ0v) is 42.8. The van der Waals surface area contributed by atoms with Crippen molar-refractivity contribution in [1.29, 1.82) is 0 Å². The molecule has 2 fully saturated rings. The number of ether oxygens (including phenoxy) is 4. The Balaban J connectivity index is 1.86. The van der Waals surface area contributed by atoms with Crippen molar-refractivity contribution in [3.8, 4) is 0 Å². The average Bonchev–Trinajstić information content (AvgIpc) is 3.34. The highest BCUT2D eigenvalue weighted by Gasteiger charge is 2.48. The van der Waals surface area contributed by atoms with Crippen LogP contribution in [-0.2, 0) is 23.7 Å². The van der Waals surface area contributed by atoms with Gasteiger partial charge >= 0.3 is 0 Å². The van der Waals surface area contributed by atoms with Gasteiger partial charge in [0.1, 0.15) is 61.0 Å². The van der Waals surface area contributed by atoms with E-state index < -0.39 is 111 Å². The first-order valence-electron chi connectivity index (χ1n) is 27.6. The third-order valence-corrected chi connectivity index (χ3v) is 13.9. The van der Waals surface area contributed by atoms with Crippen LogP contribution in [0.5, 0.6) is 0 Å². The summed E-state index contributed by atoms with van der Waals surface area (Å²) < 4.78 is 22.4. The number of aliphatic hydroxyl groups excluding tert-OH is 10. The number of aliphatic hydroxyl groups is 10. The summed E-state index contributed by atoms with van der Waals surface area (Å²) >= 11 is 0.